The molecule has 3 rings (SSSR count). The number of amides is 1. The van der Waals surface area contributed by atoms with Crippen molar-refractivity contribution in [3.8, 4) is 17.6 Å². The summed E-state index contributed by atoms with van der Waals surface area (Å²) in [7, 11) is 0. The van der Waals surface area contributed by atoms with Gasteiger partial charge in [-0.2, -0.15) is 0 Å². The zero-order valence-electron chi connectivity index (χ0n) is 21.3. The molecule has 1 fully saturated rings. The van der Waals surface area contributed by atoms with Crippen LogP contribution in [0.5, 0.6) is 5.75 Å². The topological polar surface area (TPSA) is 79.7 Å². The van der Waals surface area contributed by atoms with E-state index in [4.69, 9.17) is 4.74 Å². The highest BCUT2D eigenvalue weighted by Gasteiger charge is 2.34. The van der Waals surface area contributed by atoms with Gasteiger partial charge in [-0.05, 0) is 77.5 Å². The Bertz CT molecular complexity index is 1070. The highest BCUT2D eigenvalue weighted by atomic mass is 32.1. The van der Waals surface area contributed by atoms with Crippen LogP contribution in [0.2, 0.25) is 0 Å². The maximum atomic E-state index is 13.8. The summed E-state index contributed by atoms with van der Waals surface area (Å²) in [5.41, 5.74) is 0.233. The highest BCUT2D eigenvalue weighted by Crippen LogP contribution is 2.36. The van der Waals surface area contributed by atoms with E-state index in [2.05, 4.69) is 23.7 Å². The molecule has 1 atom stereocenters. The van der Waals surface area contributed by atoms with E-state index in [-0.39, 0.29) is 28.2 Å². The molecule has 0 aliphatic heterocycles. The van der Waals surface area contributed by atoms with Crippen molar-refractivity contribution in [3.63, 3.8) is 0 Å². The van der Waals surface area contributed by atoms with E-state index < -0.39 is 5.97 Å². The number of ether oxygens (including phenoxy) is 1. The lowest BCUT2D eigenvalue weighted by atomic mass is 9.82. The third kappa shape index (κ3) is 7.57. The van der Waals surface area contributed by atoms with Gasteiger partial charge in [-0.1, -0.05) is 18.8 Å². The SMILES string of the molecule is C[C@@H](CCOc1cccnc1)N(c1cc(C#CC(C)(C)C)sc1C(=O)O)C(=O)[C@H]1CC[C@H](C)CC1. The molecule has 0 bridgehead atoms. The maximum absolute atomic E-state index is 13.8. The summed E-state index contributed by atoms with van der Waals surface area (Å²) in [5.74, 6) is 6.44. The zero-order chi connectivity index (χ0) is 25.6. The summed E-state index contributed by atoms with van der Waals surface area (Å²) < 4.78 is 5.82. The van der Waals surface area contributed by atoms with Gasteiger partial charge in [-0.3, -0.25) is 9.78 Å². The average molecular weight is 497 g/mol. The summed E-state index contributed by atoms with van der Waals surface area (Å²) >= 11 is 1.13. The van der Waals surface area contributed by atoms with E-state index in [0.717, 1.165) is 37.0 Å². The molecular weight excluding hydrogens is 460 g/mol. The summed E-state index contributed by atoms with van der Waals surface area (Å²) in [6, 6.07) is 5.18. The van der Waals surface area contributed by atoms with E-state index >= 15 is 0 Å². The minimum absolute atomic E-state index is 0.00130. The number of rotatable bonds is 8. The fourth-order valence-electron chi connectivity index (χ4n) is 4.21. The standard InChI is InChI=1S/C28H36N2O4S/c1-19-8-10-21(11-9-19)26(31)30(20(2)13-16-34-22-7-6-15-29-18-22)24-17-23(12-14-28(3,4)5)35-25(24)27(32)33/h6-7,15,17-21H,8-11,13,16H2,1-5H3,(H,32,33)/t19-,20-,21-/m0/s1. The monoisotopic (exact) mass is 496 g/mol. The molecule has 1 aliphatic carbocycles. The number of pyridine rings is 1. The molecule has 0 radical (unpaired) electrons. The van der Waals surface area contributed by atoms with E-state index in [1.807, 2.05) is 39.8 Å². The van der Waals surface area contributed by atoms with Gasteiger partial charge in [-0.15, -0.1) is 11.3 Å². The lowest BCUT2D eigenvalue weighted by Gasteiger charge is -2.34. The molecular formula is C28H36N2O4S. The molecule has 1 amide bonds. The molecule has 188 valence electrons. The first-order valence-electron chi connectivity index (χ1n) is 12.3. The molecule has 1 N–H and O–H groups in total. The Balaban J connectivity index is 1.90. The quantitative estimate of drug-likeness (QED) is 0.437. The first-order valence-corrected chi connectivity index (χ1v) is 13.1. The van der Waals surface area contributed by atoms with Gasteiger partial charge in [0, 0.05) is 30.0 Å². The van der Waals surface area contributed by atoms with E-state index in [1.165, 1.54) is 0 Å². The van der Waals surface area contributed by atoms with E-state index in [0.29, 0.717) is 35.3 Å². The number of carbonyl (C=O) groups is 2. The normalized spacial score (nSPS) is 18.8. The smallest absolute Gasteiger partial charge is 0.348 e. The van der Waals surface area contributed by atoms with Crippen molar-refractivity contribution in [2.45, 2.75) is 72.8 Å². The van der Waals surface area contributed by atoms with Crippen molar-refractivity contribution >= 4 is 28.9 Å². The number of nitrogens with zero attached hydrogens (tertiary/aromatic N) is 2. The van der Waals surface area contributed by atoms with Gasteiger partial charge in [-0.25, -0.2) is 4.79 Å². The predicted molar refractivity (Wildman–Crippen MR) is 140 cm³/mol. The van der Waals surface area contributed by atoms with Crippen molar-refractivity contribution in [3.05, 3.63) is 40.3 Å². The van der Waals surface area contributed by atoms with E-state index in [9.17, 15) is 14.7 Å². The number of carboxylic acid groups (broad SMARTS) is 1. The fraction of sp³-hybridized carbons (Fsp3) is 0.536. The number of hydrogen-bond donors (Lipinski definition) is 1. The van der Waals surface area contributed by atoms with Crippen LogP contribution in [-0.4, -0.2) is 34.6 Å². The van der Waals surface area contributed by atoms with Crippen LogP contribution in [0.4, 0.5) is 5.69 Å². The number of carbonyl (C=O) groups excluding carboxylic acids is 1. The average Bonchev–Trinajstić information content (AvgIpc) is 3.23. The van der Waals surface area contributed by atoms with Crippen LogP contribution < -0.4 is 9.64 Å². The first kappa shape index (κ1) is 26.7. The summed E-state index contributed by atoms with van der Waals surface area (Å²) in [6.45, 7) is 10.6. The van der Waals surface area contributed by atoms with Gasteiger partial charge in [0.1, 0.15) is 10.6 Å². The second-order valence-electron chi connectivity index (χ2n) is 10.5. The molecule has 0 unspecified atom stereocenters. The van der Waals surface area contributed by atoms with Crippen molar-refractivity contribution in [2.75, 3.05) is 11.5 Å². The van der Waals surface area contributed by atoms with Crippen LogP contribution in [0.15, 0.2) is 30.6 Å². The fourth-order valence-corrected chi connectivity index (χ4v) is 5.05. The predicted octanol–water partition coefficient (Wildman–Crippen LogP) is 6.26. The molecule has 1 saturated carbocycles. The molecule has 0 spiro atoms. The van der Waals surface area contributed by atoms with Gasteiger partial charge in [0.05, 0.1) is 23.4 Å². The molecule has 7 heteroatoms. The Morgan fingerprint density at radius 3 is 2.60 bits per heavy atom. The molecule has 1 aliphatic rings. The van der Waals surface area contributed by atoms with Crippen molar-refractivity contribution in [2.24, 2.45) is 17.3 Å². The molecule has 2 aromatic heterocycles. The molecule has 35 heavy (non-hydrogen) atoms. The Morgan fingerprint density at radius 1 is 1.29 bits per heavy atom. The second kappa shape index (κ2) is 11.7. The number of aromatic nitrogens is 1. The third-order valence-electron chi connectivity index (χ3n) is 6.21. The molecule has 0 saturated heterocycles. The number of hydrogen-bond acceptors (Lipinski definition) is 5. The summed E-state index contributed by atoms with van der Waals surface area (Å²) in [4.78, 5) is 32.6. The van der Waals surface area contributed by atoms with Gasteiger partial charge < -0.3 is 14.7 Å². The van der Waals surface area contributed by atoms with Gasteiger partial charge in [0.15, 0.2) is 0 Å². The Labute approximate surface area is 212 Å². The largest absolute Gasteiger partial charge is 0.492 e. The Morgan fingerprint density at radius 2 is 2.00 bits per heavy atom. The second-order valence-corrected chi connectivity index (χ2v) is 11.5. The van der Waals surface area contributed by atoms with Crippen LogP contribution in [0.25, 0.3) is 0 Å². The van der Waals surface area contributed by atoms with Crippen LogP contribution >= 0.6 is 11.3 Å². The van der Waals surface area contributed by atoms with Gasteiger partial charge in [0.2, 0.25) is 5.91 Å². The molecule has 0 aromatic carbocycles. The van der Waals surface area contributed by atoms with Crippen molar-refractivity contribution < 1.29 is 19.4 Å². The molecule has 6 nitrogen and oxygen atoms in total. The Kier molecular flexibility index (Phi) is 8.96. The van der Waals surface area contributed by atoms with Crippen molar-refractivity contribution in [1.29, 1.82) is 0 Å². The van der Waals surface area contributed by atoms with Crippen molar-refractivity contribution in [1.82, 2.24) is 4.98 Å². The van der Waals surface area contributed by atoms with Gasteiger partial charge >= 0.3 is 5.97 Å². The van der Waals surface area contributed by atoms with Gasteiger partial charge in [0.25, 0.3) is 0 Å². The number of thiophene rings is 1. The van der Waals surface area contributed by atoms with Crippen LogP contribution in [0.1, 0.15) is 81.3 Å². The number of aromatic carboxylic acids is 1. The number of carboxylic acids is 1. The first-order chi connectivity index (χ1) is 16.5. The van der Waals surface area contributed by atoms with Crippen LogP contribution in [0.3, 0.4) is 0 Å². The van der Waals surface area contributed by atoms with E-state index in [1.54, 1.807) is 23.4 Å². The minimum atomic E-state index is -1.04. The Hall–Kier alpha value is -2.85. The third-order valence-corrected chi connectivity index (χ3v) is 7.24. The summed E-state index contributed by atoms with van der Waals surface area (Å²) in [5, 5.41) is 9.98. The highest BCUT2D eigenvalue weighted by molar-refractivity contribution is 7.15. The lowest BCUT2D eigenvalue weighted by molar-refractivity contribution is -0.124. The zero-order valence-corrected chi connectivity index (χ0v) is 22.2. The summed E-state index contributed by atoms with van der Waals surface area (Å²) in [6.07, 6.45) is 7.59. The van der Waals surface area contributed by atoms with Crippen LogP contribution in [-0.2, 0) is 4.79 Å². The number of anilines is 1. The maximum Gasteiger partial charge on any atom is 0.348 e. The minimum Gasteiger partial charge on any atom is -0.492 e. The molecule has 2 aromatic rings. The van der Waals surface area contributed by atoms with Crippen LogP contribution in [0, 0.1) is 29.1 Å². The molecule has 2 heterocycles. The lowest BCUT2D eigenvalue weighted by Crippen LogP contribution is -2.44.